The summed E-state index contributed by atoms with van der Waals surface area (Å²) in [4.78, 5) is 5.17. The quantitative estimate of drug-likeness (QED) is 0.724. The van der Waals surface area contributed by atoms with Crippen molar-refractivity contribution in [2.45, 2.75) is 38.5 Å². The number of furan rings is 1. The Labute approximate surface area is 128 Å². The second-order valence-corrected chi connectivity index (χ2v) is 7.60. The first-order valence-electron chi connectivity index (χ1n) is 6.71. The van der Waals surface area contributed by atoms with E-state index in [1.165, 1.54) is 17.4 Å². The smallest absolute Gasteiger partial charge is 0.274 e. The molecule has 0 saturated heterocycles. The van der Waals surface area contributed by atoms with Crippen molar-refractivity contribution in [3.8, 4) is 0 Å². The van der Waals surface area contributed by atoms with E-state index in [-0.39, 0.29) is 11.6 Å². The van der Waals surface area contributed by atoms with Gasteiger partial charge in [0.2, 0.25) is 5.09 Å². The summed E-state index contributed by atoms with van der Waals surface area (Å²) in [6.07, 6.45) is 2.74. The minimum Gasteiger partial charge on any atom is -0.447 e. The monoisotopic (exact) mass is 329 g/mol. The van der Waals surface area contributed by atoms with E-state index < -0.39 is 10.0 Å². The lowest BCUT2D eigenvalue weighted by Crippen LogP contribution is -2.22. The Balaban J connectivity index is 1.95. The molecule has 6 nitrogen and oxygen atoms in total. The van der Waals surface area contributed by atoms with Crippen molar-refractivity contribution in [1.82, 2.24) is 15.0 Å². The standard InChI is InChI=1S/C13H19N3O3S2/c1-3-6-14-8-11-4-5-13(19-11)21(17,18)16-9-12-15-7-10(2)20-12/h4-5,7,14,16H,3,6,8-9H2,1-2H3. The van der Waals surface area contributed by atoms with Gasteiger partial charge in [0.25, 0.3) is 10.0 Å². The molecule has 0 aliphatic rings. The number of hydrogen-bond donors (Lipinski definition) is 2. The van der Waals surface area contributed by atoms with Gasteiger partial charge in [-0.15, -0.1) is 11.3 Å². The molecule has 0 spiro atoms. The average Bonchev–Trinajstić information content (AvgIpc) is 3.06. The van der Waals surface area contributed by atoms with Gasteiger partial charge in [-0.25, -0.2) is 18.1 Å². The van der Waals surface area contributed by atoms with E-state index in [0.29, 0.717) is 12.3 Å². The van der Waals surface area contributed by atoms with E-state index in [1.807, 2.05) is 6.92 Å². The molecule has 0 saturated carbocycles. The zero-order chi connectivity index (χ0) is 15.3. The zero-order valence-corrected chi connectivity index (χ0v) is 13.7. The fraction of sp³-hybridized carbons (Fsp3) is 0.462. The molecule has 8 heteroatoms. The maximum Gasteiger partial charge on any atom is 0.274 e. The predicted octanol–water partition coefficient (Wildman–Crippen LogP) is 2.02. The van der Waals surface area contributed by atoms with Crippen molar-refractivity contribution in [2.75, 3.05) is 6.54 Å². The Morgan fingerprint density at radius 3 is 2.81 bits per heavy atom. The molecule has 0 atom stereocenters. The second kappa shape index (κ2) is 7.17. The first kappa shape index (κ1) is 16.2. The molecule has 0 aromatic carbocycles. The molecule has 2 rings (SSSR count). The van der Waals surface area contributed by atoms with E-state index in [9.17, 15) is 8.42 Å². The number of nitrogens with one attached hydrogen (secondary N) is 2. The lowest BCUT2D eigenvalue weighted by molar-refractivity contribution is 0.400. The predicted molar refractivity (Wildman–Crippen MR) is 81.6 cm³/mol. The van der Waals surface area contributed by atoms with Gasteiger partial charge in [0, 0.05) is 11.1 Å². The zero-order valence-electron chi connectivity index (χ0n) is 12.0. The van der Waals surface area contributed by atoms with Gasteiger partial charge < -0.3 is 9.73 Å². The molecule has 0 fully saturated rings. The molecule has 0 aliphatic carbocycles. The highest BCUT2D eigenvalue weighted by atomic mass is 32.2. The number of sulfonamides is 1. The first-order chi connectivity index (χ1) is 10.0. The maximum absolute atomic E-state index is 12.1. The fourth-order valence-corrected chi connectivity index (χ4v) is 3.45. The number of hydrogen-bond acceptors (Lipinski definition) is 6. The lowest BCUT2D eigenvalue weighted by atomic mass is 10.4. The third-order valence-electron chi connectivity index (χ3n) is 2.71. The van der Waals surface area contributed by atoms with Gasteiger partial charge in [-0.3, -0.25) is 0 Å². The molecule has 0 amide bonds. The number of thiazole rings is 1. The summed E-state index contributed by atoms with van der Waals surface area (Å²) >= 11 is 1.46. The van der Waals surface area contributed by atoms with Crippen LogP contribution in [0.1, 0.15) is 29.0 Å². The van der Waals surface area contributed by atoms with Crippen molar-refractivity contribution in [2.24, 2.45) is 0 Å². The van der Waals surface area contributed by atoms with Crippen molar-refractivity contribution in [3.63, 3.8) is 0 Å². The Kier molecular flexibility index (Phi) is 5.51. The molecule has 2 aromatic rings. The minimum atomic E-state index is -3.64. The van der Waals surface area contributed by atoms with E-state index in [1.54, 1.807) is 12.3 Å². The van der Waals surface area contributed by atoms with Gasteiger partial charge in [0.05, 0.1) is 13.1 Å². The Bertz CT molecular complexity index is 676. The van der Waals surface area contributed by atoms with E-state index in [4.69, 9.17) is 4.42 Å². The molecule has 0 radical (unpaired) electrons. The fourth-order valence-electron chi connectivity index (χ4n) is 1.70. The summed E-state index contributed by atoms with van der Waals surface area (Å²) in [5, 5.41) is 3.82. The molecule has 0 aliphatic heterocycles. The molecule has 0 bridgehead atoms. The van der Waals surface area contributed by atoms with Crippen molar-refractivity contribution in [3.05, 3.63) is 34.0 Å². The lowest BCUT2D eigenvalue weighted by Gasteiger charge is -2.02. The Morgan fingerprint density at radius 2 is 2.14 bits per heavy atom. The normalized spacial score (nSPS) is 11.9. The van der Waals surface area contributed by atoms with Crippen LogP contribution in [0.4, 0.5) is 0 Å². The minimum absolute atomic E-state index is 0.0657. The molecule has 21 heavy (non-hydrogen) atoms. The van der Waals surface area contributed by atoms with Crippen molar-refractivity contribution < 1.29 is 12.8 Å². The molecule has 2 heterocycles. The highest BCUT2D eigenvalue weighted by Crippen LogP contribution is 2.15. The van der Waals surface area contributed by atoms with Crippen LogP contribution in [-0.4, -0.2) is 19.9 Å². The van der Waals surface area contributed by atoms with E-state index in [0.717, 1.165) is 22.9 Å². The van der Waals surface area contributed by atoms with Crippen LogP contribution in [0.3, 0.4) is 0 Å². The van der Waals surface area contributed by atoms with E-state index >= 15 is 0 Å². The summed E-state index contributed by atoms with van der Waals surface area (Å²) < 4.78 is 32.1. The molecule has 2 aromatic heterocycles. The van der Waals surface area contributed by atoms with Crippen LogP contribution in [0.15, 0.2) is 27.8 Å². The van der Waals surface area contributed by atoms with Gasteiger partial charge in [-0.2, -0.15) is 0 Å². The largest absolute Gasteiger partial charge is 0.447 e. The molecular weight excluding hydrogens is 310 g/mol. The van der Waals surface area contributed by atoms with Gasteiger partial charge >= 0.3 is 0 Å². The van der Waals surface area contributed by atoms with Crippen LogP contribution < -0.4 is 10.0 Å². The first-order valence-corrected chi connectivity index (χ1v) is 9.01. The van der Waals surface area contributed by atoms with Crippen LogP contribution in [0.5, 0.6) is 0 Å². The number of aromatic nitrogens is 1. The van der Waals surface area contributed by atoms with Gasteiger partial charge in [-0.1, -0.05) is 6.92 Å². The number of rotatable bonds is 8. The summed E-state index contributed by atoms with van der Waals surface area (Å²) in [5.74, 6) is 0.605. The number of aryl methyl sites for hydroxylation is 1. The van der Waals surface area contributed by atoms with Crippen LogP contribution in [0.2, 0.25) is 0 Å². The summed E-state index contributed by atoms with van der Waals surface area (Å²) in [6, 6.07) is 3.14. The topological polar surface area (TPSA) is 84.2 Å². The highest BCUT2D eigenvalue weighted by molar-refractivity contribution is 7.89. The van der Waals surface area contributed by atoms with E-state index in [2.05, 4.69) is 21.9 Å². The van der Waals surface area contributed by atoms with Gasteiger partial charge in [0.15, 0.2) is 0 Å². The average molecular weight is 329 g/mol. The van der Waals surface area contributed by atoms with Gasteiger partial charge in [0.1, 0.15) is 10.8 Å². The van der Waals surface area contributed by atoms with Crippen LogP contribution in [0, 0.1) is 6.92 Å². The third kappa shape index (κ3) is 4.63. The maximum atomic E-state index is 12.1. The third-order valence-corrected chi connectivity index (χ3v) is 4.90. The molecule has 0 unspecified atom stereocenters. The highest BCUT2D eigenvalue weighted by Gasteiger charge is 2.19. The molecular formula is C13H19N3O3S2. The SMILES string of the molecule is CCCNCc1ccc(S(=O)(=O)NCc2ncc(C)s2)o1. The van der Waals surface area contributed by atoms with Crippen LogP contribution >= 0.6 is 11.3 Å². The summed E-state index contributed by atoms with van der Waals surface area (Å²) in [7, 11) is -3.64. The summed E-state index contributed by atoms with van der Waals surface area (Å²) in [5.41, 5.74) is 0. The summed E-state index contributed by atoms with van der Waals surface area (Å²) in [6.45, 7) is 5.55. The molecule has 116 valence electrons. The van der Waals surface area contributed by atoms with Crippen molar-refractivity contribution >= 4 is 21.4 Å². The Morgan fingerprint density at radius 1 is 1.33 bits per heavy atom. The Hall–Kier alpha value is -1.22. The van der Waals surface area contributed by atoms with Gasteiger partial charge in [-0.05, 0) is 32.0 Å². The number of nitrogens with zero attached hydrogens (tertiary/aromatic N) is 1. The second-order valence-electron chi connectivity index (χ2n) is 4.59. The van der Waals surface area contributed by atoms with Crippen LogP contribution in [0.25, 0.3) is 0 Å². The van der Waals surface area contributed by atoms with Crippen LogP contribution in [-0.2, 0) is 23.1 Å². The van der Waals surface area contributed by atoms with Crippen molar-refractivity contribution in [1.29, 1.82) is 0 Å². The molecule has 2 N–H and O–H groups in total.